The second-order valence-corrected chi connectivity index (χ2v) is 9.03. The molecule has 0 radical (unpaired) electrons. The Kier molecular flexibility index (Phi) is 5.40. The Balaban J connectivity index is 1.60. The van der Waals surface area contributed by atoms with Gasteiger partial charge in [-0.15, -0.1) is 0 Å². The van der Waals surface area contributed by atoms with Crippen LogP contribution in [0.5, 0.6) is 0 Å². The number of halogens is 1. The molecule has 7 heteroatoms. The van der Waals surface area contributed by atoms with E-state index in [4.69, 9.17) is 0 Å². The summed E-state index contributed by atoms with van der Waals surface area (Å²) in [6, 6.07) is 4.15. The van der Waals surface area contributed by atoms with Crippen LogP contribution in [-0.2, 0) is 0 Å². The topological polar surface area (TPSA) is 46.7 Å². The van der Waals surface area contributed by atoms with Gasteiger partial charge in [0.25, 0.3) is 0 Å². The van der Waals surface area contributed by atoms with Crippen molar-refractivity contribution >= 4 is 5.82 Å². The molecule has 0 bridgehead atoms. The predicted molar refractivity (Wildman–Crippen MR) is 115 cm³/mol. The Hall–Kier alpha value is -1.96. The van der Waals surface area contributed by atoms with Crippen molar-refractivity contribution in [2.75, 3.05) is 39.2 Å². The summed E-state index contributed by atoms with van der Waals surface area (Å²) in [5.41, 5.74) is 5.17. The van der Waals surface area contributed by atoms with Crippen LogP contribution in [0.2, 0.25) is 0 Å². The molecule has 2 N–H and O–H groups in total. The molecule has 0 saturated carbocycles. The van der Waals surface area contributed by atoms with Gasteiger partial charge in [0.15, 0.2) is 0 Å². The normalized spacial score (nSPS) is 28.6. The molecule has 1 aromatic heterocycles. The van der Waals surface area contributed by atoms with E-state index in [1.54, 1.807) is 12.3 Å². The fourth-order valence-electron chi connectivity index (χ4n) is 4.67. The lowest BCUT2D eigenvalue weighted by Gasteiger charge is -2.48. The summed E-state index contributed by atoms with van der Waals surface area (Å²) in [5, 5.41) is 5.64. The molecule has 0 aliphatic carbocycles. The van der Waals surface area contributed by atoms with Gasteiger partial charge in [0.05, 0.1) is 5.70 Å². The maximum Gasteiger partial charge on any atom is 0.145 e. The fourth-order valence-corrected chi connectivity index (χ4v) is 4.67. The zero-order valence-electron chi connectivity index (χ0n) is 18.1. The first kappa shape index (κ1) is 20.3. The highest BCUT2D eigenvalue weighted by molar-refractivity contribution is 5.53. The van der Waals surface area contributed by atoms with E-state index in [1.807, 2.05) is 37.3 Å². The third-order valence-electron chi connectivity index (χ3n) is 6.93. The average molecular weight is 401 g/mol. The van der Waals surface area contributed by atoms with Crippen LogP contribution < -0.4 is 10.7 Å². The van der Waals surface area contributed by atoms with E-state index in [9.17, 15) is 0 Å². The van der Waals surface area contributed by atoms with Gasteiger partial charge in [-0.05, 0) is 30.1 Å². The zero-order valence-corrected chi connectivity index (χ0v) is 18.1. The standard InChI is InChI=1S/C22H33FN6/c1-6-22(2,3)17-14-29(13-12-24-17)18-10-9-16(23)20(27(18)4)19-15-8-7-11-25-21(15)26-28(19)5/h7-11,17-19,24H,6,12-14H2,1-5H3,(H,25,26). The monoisotopic (exact) mass is 400 g/mol. The number of likely N-dealkylation sites (N-methyl/N-ethyl adjacent to an activating group) is 2. The highest BCUT2D eigenvalue weighted by Crippen LogP contribution is 2.42. The highest BCUT2D eigenvalue weighted by atomic mass is 19.1. The van der Waals surface area contributed by atoms with Gasteiger partial charge in [-0.1, -0.05) is 26.8 Å². The lowest BCUT2D eigenvalue weighted by Crippen LogP contribution is -2.61. The van der Waals surface area contributed by atoms with Crippen LogP contribution in [0.25, 0.3) is 0 Å². The number of pyridine rings is 1. The number of allylic oxidation sites excluding steroid dienone is 2. The number of nitrogens with zero attached hydrogens (tertiary/aromatic N) is 4. The number of aromatic nitrogens is 1. The van der Waals surface area contributed by atoms with Crippen molar-refractivity contribution in [3.05, 3.63) is 47.6 Å². The van der Waals surface area contributed by atoms with Crippen molar-refractivity contribution in [3.63, 3.8) is 0 Å². The Bertz CT molecular complexity index is 819. The van der Waals surface area contributed by atoms with Gasteiger partial charge >= 0.3 is 0 Å². The van der Waals surface area contributed by atoms with Crippen molar-refractivity contribution in [1.29, 1.82) is 0 Å². The summed E-state index contributed by atoms with van der Waals surface area (Å²) in [6.07, 6.45) is 6.56. The van der Waals surface area contributed by atoms with E-state index in [2.05, 4.69) is 46.3 Å². The van der Waals surface area contributed by atoms with Crippen molar-refractivity contribution in [2.45, 2.75) is 45.4 Å². The number of hydrogen-bond acceptors (Lipinski definition) is 6. The second kappa shape index (κ2) is 7.70. The molecule has 1 fully saturated rings. The largest absolute Gasteiger partial charge is 0.355 e. The van der Waals surface area contributed by atoms with Crippen LogP contribution in [0.4, 0.5) is 10.2 Å². The Morgan fingerprint density at radius 2 is 2.10 bits per heavy atom. The third-order valence-corrected chi connectivity index (χ3v) is 6.93. The molecule has 3 aliphatic rings. The molecule has 3 unspecified atom stereocenters. The Morgan fingerprint density at radius 1 is 1.31 bits per heavy atom. The molecule has 0 aromatic carbocycles. The van der Waals surface area contributed by atoms with Crippen molar-refractivity contribution in [3.8, 4) is 0 Å². The van der Waals surface area contributed by atoms with Crippen LogP contribution in [0, 0.1) is 5.41 Å². The van der Waals surface area contributed by atoms with E-state index < -0.39 is 0 Å². The third kappa shape index (κ3) is 3.56. The minimum Gasteiger partial charge on any atom is -0.355 e. The number of anilines is 1. The summed E-state index contributed by atoms with van der Waals surface area (Å²) < 4.78 is 15.1. The number of nitrogens with one attached hydrogen (secondary N) is 2. The van der Waals surface area contributed by atoms with Gasteiger partial charge in [-0.2, -0.15) is 0 Å². The first-order chi connectivity index (χ1) is 13.8. The summed E-state index contributed by atoms with van der Waals surface area (Å²) in [6.45, 7) is 9.74. The fraction of sp³-hybridized carbons (Fsp3) is 0.591. The van der Waals surface area contributed by atoms with E-state index >= 15 is 4.39 Å². The zero-order chi connectivity index (χ0) is 20.8. The van der Waals surface area contributed by atoms with E-state index in [-0.39, 0.29) is 23.4 Å². The SMILES string of the molecule is CCC(C)(C)C1CN(C2C=CC(F)=C(C3c4cccnc4NN3C)N2C)CCN1. The lowest BCUT2D eigenvalue weighted by atomic mass is 9.80. The summed E-state index contributed by atoms with van der Waals surface area (Å²) in [4.78, 5) is 8.97. The summed E-state index contributed by atoms with van der Waals surface area (Å²) in [5.74, 6) is 0.617. The number of fused-ring (bicyclic) bond motifs is 1. The van der Waals surface area contributed by atoms with E-state index in [0.29, 0.717) is 11.7 Å². The predicted octanol–water partition coefficient (Wildman–Crippen LogP) is 3.11. The molecular weight excluding hydrogens is 367 g/mol. The van der Waals surface area contributed by atoms with Crippen LogP contribution in [0.15, 0.2) is 42.0 Å². The van der Waals surface area contributed by atoms with Gasteiger partial charge in [-0.25, -0.2) is 14.4 Å². The van der Waals surface area contributed by atoms with Crippen LogP contribution in [0.3, 0.4) is 0 Å². The maximum atomic E-state index is 15.1. The minimum absolute atomic E-state index is 0.0378. The molecule has 0 amide bonds. The molecule has 3 atom stereocenters. The lowest BCUT2D eigenvalue weighted by molar-refractivity contribution is 0.0459. The minimum atomic E-state index is -0.207. The molecule has 158 valence electrons. The molecule has 3 aliphatic heterocycles. The number of hydrazine groups is 1. The van der Waals surface area contributed by atoms with Gasteiger partial charge in [-0.3, -0.25) is 4.90 Å². The van der Waals surface area contributed by atoms with Gasteiger partial charge in [0, 0.05) is 51.5 Å². The highest BCUT2D eigenvalue weighted by Gasteiger charge is 2.40. The van der Waals surface area contributed by atoms with Gasteiger partial charge < -0.3 is 15.6 Å². The van der Waals surface area contributed by atoms with E-state index in [0.717, 1.165) is 37.4 Å². The quantitative estimate of drug-likeness (QED) is 0.810. The van der Waals surface area contributed by atoms with Crippen molar-refractivity contribution in [2.24, 2.45) is 5.41 Å². The van der Waals surface area contributed by atoms with Crippen LogP contribution in [0.1, 0.15) is 38.8 Å². The Morgan fingerprint density at radius 3 is 2.86 bits per heavy atom. The second-order valence-electron chi connectivity index (χ2n) is 9.03. The van der Waals surface area contributed by atoms with Gasteiger partial charge in [0.2, 0.25) is 0 Å². The summed E-state index contributed by atoms with van der Waals surface area (Å²) >= 11 is 0. The molecule has 4 rings (SSSR count). The molecule has 1 aromatic rings. The first-order valence-electron chi connectivity index (χ1n) is 10.6. The summed E-state index contributed by atoms with van der Waals surface area (Å²) in [7, 11) is 3.95. The van der Waals surface area contributed by atoms with Crippen molar-refractivity contribution in [1.82, 2.24) is 25.1 Å². The van der Waals surface area contributed by atoms with E-state index in [1.165, 1.54) is 0 Å². The molecule has 0 spiro atoms. The Labute approximate surface area is 173 Å². The number of piperazine rings is 1. The molecule has 4 heterocycles. The number of rotatable bonds is 4. The average Bonchev–Trinajstić information content (AvgIpc) is 3.04. The first-order valence-corrected chi connectivity index (χ1v) is 10.6. The number of hydrogen-bond donors (Lipinski definition) is 2. The van der Waals surface area contributed by atoms with Crippen LogP contribution >= 0.6 is 0 Å². The van der Waals surface area contributed by atoms with Gasteiger partial charge in [0.1, 0.15) is 23.9 Å². The molecule has 29 heavy (non-hydrogen) atoms. The van der Waals surface area contributed by atoms with Crippen LogP contribution in [-0.4, -0.2) is 65.7 Å². The maximum absolute atomic E-state index is 15.1. The van der Waals surface area contributed by atoms with Crippen molar-refractivity contribution < 1.29 is 4.39 Å². The molecular formula is C22H33FN6. The smallest absolute Gasteiger partial charge is 0.145 e. The molecule has 6 nitrogen and oxygen atoms in total. The molecule has 1 saturated heterocycles.